The van der Waals surface area contributed by atoms with Crippen molar-refractivity contribution < 1.29 is 29.6 Å². The number of carboxylic acids is 2. The van der Waals surface area contributed by atoms with Crippen molar-refractivity contribution in [3.05, 3.63) is 36.1 Å². The van der Waals surface area contributed by atoms with Crippen LogP contribution in [0.15, 0.2) is 36.1 Å². The standard InChI is InChI=1S/C10H10O6/c1-5(9(12)13)16-8-4-6(10(14)15)2-3-7(8)11/h2-4,7-8,11H,1H2,(H,12,13)(H,14,15). The Morgan fingerprint density at radius 3 is 2.50 bits per heavy atom. The molecule has 3 N–H and O–H groups in total. The number of carbonyl (C=O) groups is 2. The second-order valence-electron chi connectivity index (χ2n) is 3.09. The number of carboxylic acid groups (broad SMARTS) is 2. The van der Waals surface area contributed by atoms with E-state index < -0.39 is 29.9 Å². The maximum absolute atomic E-state index is 10.6. The van der Waals surface area contributed by atoms with Crippen molar-refractivity contribution in [1.82, 2.24) is 0 Å². The van der Waals surface area contributed by atoms with Gasteiger partial charge in [-0.3, -0.25) is 0 Å². The van der Waals surface area contributed by atoms with Crippen LogP contribution >= 0.6 is 0 Å². The highest BCUT2D eigenvalue weighted by atomic mass is 16.5. The van der Waals surface area contributed by atoms with Crippen molar-refractivity contribution in [2.24, 2.45) is 0 Å². The van der Waals surface area contributed by atoms with Crippen LogP contribution in [-0.2, 0) is 14.3 Å². The van der Waals surface area contributed by atoms with Gasteiger partial charge >= 0.3 is 11.9 Å². The minimum absolute atomic E-state index is 0.0755. The molecular weight excluding hydrogens is 216 g/mol. The van der Waals surface area contributed by atoms with Gasteiger partial charge in [-0.1, -0.05) is 6.08 Å². The third-order valence-corrected chi connectivity index (χ3v) is 1.92. The first-order chi connectivity index (χ1) is 7.41. The Bertz CT molecular complexity index is 392. The molecule has 0 bridgehead atoms. The van der Waals surface area contributed by atoms with E-state index in [0.29, 0.717) is 0 Å². The first-order valence-electron chi connectivity index (χ1n) is 4.32. The van der Waals surface area contributed by atoms with E-state index in [2.05, 4.69) is 6.58 Å². The molecule has 86 valence electrons. The van der Waals surface area contributed by atoms with Crippen LogP contribution in [0.2, 0.25) is 0 Å². The predicted octanol–water partition coefficient (Wildman–Crippen LogP) is -0.0884. The quantitative estimate of drug-likeness (QED) is 0.457. The molecule has 0 saturated carbocycles. The van der Waals surface area contributed by atoms with E-state index in [0.717, 1.165) is 6.08 Å². The normalized spacial score (nSPS) is 23.4. The molecule has 6 nitrogen and oxygen atoms in total. The molecule has 0 heterocycles. The molecule has 0 spiro atoms. The van der Waals surface area contributed by atoms with E-state index >= 15 is 0 Å². The fourth-order valence-electron chi connectivity index (χ4n) is 1.10. The molecule has 1 aliphatic rings. The van der Waals surface area contributed by atoms with Crippen molar-refractivity contribution in [2.45, 2.75) is 12.2 Å². The molecule has 16 heavy (non-hydrogen) atoms. The topological polar surface area (TPSA) is 104 Å². The number of aliphatic carboxylic acids is 2. The van der Waals surface area contributed by atoms with Crippen LogP contribution < -0.4 is 0 Å². The Morgan fingerprint density at radius 2 is 2.00 bits per heavy atom. The molecule has 0 aromatic carbocycles. The van der Waals surface area contributed by atoms with E-state index in [9.17, 15) is 14.7 Å². The van der Waals surface area contributed by atoms with Crippen LogP contribution in [0.4, 0.5) is 0 Å². The highest BCUT2D eigenvalue weighted by molar-refractivity contribution is 5.90. The Morgan fingerprint density at radius 1 is 1.38 bits per heavy atom. The number of hydrogen-bond donors (Lipinski definition) is 3. The zero-order chi connectivity index (χ0) is 12.3. The molecule has 1 rings (SSSR count). The molecule has 1 aliphatic carbocycles. The van der Waals surface area contributed by atoms with E-state index in [1.165, 1.54) is 12.2 Å². The number of hydrogen-bond acceptors (Lipinski definition) is 4. The van der Waals surface area contributed by atoms with Crippen molar-refractivity contribution in [2.75, 3.05) is 0 Å². The third kappa shape index (κ3) is 2.71. The SMILES string of the molecule is C=C(OC1C=C(C(=O)O)C=CC1O)C(=O)O. The Hall–Kier alpha value is -2.08. The zero-order valence-electron chi connectivity index (χ0n) is 8.16. The largest absolute Gasteiger partial charge is 0.478 e. The van der Waals surface area contributed by atoms with Gasteiger partial charge in [0.1, 0.15) is 12.2 Å². The second-order valence-corrected chi connectivity index (χ2v) is 3.09. The lowest BCUT2D eigenvalue weighted by molar-refractivity contribution is -0.137. The molecule has 0 aliphatic heterocycles. The molecule has 0 fully saturated rings. The molecule has 0 aromatic heterocycles. The number of aliphatic hydroxyl groups is 1. The van der Waals surface area contributed by atoms with Crippen LogP contribution in [0.5, 0.6) is 0 Å². The summed E-state index contributed by atoms with van der Waals surface area (Å²) in [6.45, 7) is 3.12. The summed E-state index contributed by atoms with van der Waals surface area (Å²) in [4.78, 5) is 21.1. The summed E-state index contributed by atoms with van der Waals surface area (Å²) < 4.78 is 4.81. The van der Waals surface area contributed by atoms with Gasteiger partial charge in [0.05, 0.1) is 5.57 Å². The maximum atomic E-state index is 10.6. The highest BCUT2D eigenvalue weighted by Crippen LogP contribution is 2.16. The van der Waals surface area contributed by atoms with Crippen molar-refractivity contribution in [3.63, 3.8) is 0 Å². The smallest absolute Gasteiger partial charge is 0.370 e. The minimum Gasteiger partial charge on any atom is -0.478 e. The summed E-state index contributed by atoms with van der Waals surface area (Å²) >= 11 is 0. The van der Waals surface area contributed by atoms with Crippen molar-refractivity contribution in [1.29, 1.82) is 0 Å². The summed E-state index contributed by atoms with van der Waals surface area (Å²) in [5, 5.41) is 26.6. The van der Waals surface area contributed by atoms with Crippen LogP contribution in [0.25, 0.3) is 0 Å². The monoisotopic (exact) mass is 226 g/mol. The zero-order valence-corrected chi connectivity index (χ0v) is 8.16. The number of aliphatic hydroxyl groups excluding tert-OH is 1. The van der Waals surface area contributed by atoms with Gasteiger partial charge in [0.2, 0.25) is 0 Å². The van der Waals surface area contributed by atoms with Gasteiger partial charge in [0.25, 0.3) is 0 Å². The molecule has 0 radical (unpaired) electrons. The molecule has 2 unspecified atom stereocenters. The van der Waals surface area contributed by atoms with Gasteiger partial charge in [-0.25, -0.2) is 9.59 Å². The molecule has 6 heteroatoms. The highest BCUT2D eigenvalue weighted by Gasteiger charge is 2.24. The average Bonchev–Trinajstić information content (AvgIpc) is 2.20. The van der Waals surface area contributed by atoms with Gasteiger partial charge in [-0.05, 0) is 18.7 Å². The van der Waals surface area contributed by atoms with E-state index in [-0.39, 0.29) is 5.57 Å². The minimum atomic E-state index is -1.37. The van der Waals surface area contributed by atoms with Crippen molar-refractivity contribution in [3.8, 4) is 0 Å². The lowest BCUT2D eigenvalue weighted by Gasteiger charge is -2.21. The second kappa shape index (κ2) is 4.63. The Kier molecular flexibility index (Phi) is 3.47. The first kappa shape index (κ1) is 12.0. The maximum Gasteiger partial charge on any atom is 0.370 e. The number of ether oxygens (including phenoxy) is 1. The predicted molar refractivity (Wildman–Crippen MR) is 52.5 cm³/mol. The van der Waals surface area contributed by atoms with Crippen molar-refractivity contribution >= 4 is 11.9 Å². The summed E-state index contributed by atoms with van der Waals surface area (Å²) in [6, 6.07) is 0. The summed E-state index contributed by atoms with van der Waals surface area (Å²) in [5.74, 6) is -3.11. The van der Waals surface area contributed by atoms with Gasteiger partial charge in [-0.2, -0.15) is 0 Å². The molecule has 2 atom stereocenters. The van der Waals surface area contributed by atoms with Gasteiger partial charge in [0, 0.05) is 0 Å². The number of rotatable bonds is 4. The van der Waals surface area contributed by atoms with Gasteiger partial charge < -0.3 is 20.1 Å². The Balaban J connectivity index is 2.80. The Labute approximate surface area is 90.8 Å². The van der Waals surface area contributed by atoms with E-state index in [1.807, 2.05) is 0 Å². The van der Waals surface area contributed by atoms with Crippen LogP contribution in [0, 0.1) is 0 Å². The lowest BCUT2D eigenvalue weighted by Crippen LogP contribution is -2.29. The fraction of sp³-hybridized carbons (Fsp3) is 0.200. The summed E-state index contributed by atoms with van der Waals surface area (Å²) in [5.41, 5.74) is -0.0755. The first-order valence-corrected chi connectivity index (χ1v) is 4.32. The lowest BCUT2D eigenvalue weighted by atomic mass is 10.0. The molecule has 0 saturated heterocycles. The van der Waals surface area contributed by atoms with Crippen LogP contribution in [0.3, 0.4) is 0 Å². The van der Waals surface area contributed by atoms with E-state index in [4.69, 9.17) is 14.9 Å². The molecule has 0 aromatic rings. The fourth-order valence-corrected chi connectivity index (χ4v) is 1.10. The van der Waals surface area contributed by atoms with Crippen LogP contribution in [0.1, 0.15) is 0 Å². The molecule has 0 amide bonds. The van der Waals surface area contributed by atoms with E-state index in [1.54, 1.807) is 0 Å². The van der Waals surface area contributed by atoms with Crippen LogP contribution in [-0.4, -0.2) is 39.5 Å². The van der Waals surface area contributed by atoms with Gasteiger partial charge in [0.15, 0.2) is 5.76 Å². The summed E-state index contributed by atoms with van der Waals surface area (Å²) in [6.07, 6.45) is 1.40. The summed E-state index contributed by atoms with van der Waals surface area (Å²) in [7, 11) is 0. The van der Waals surface area contributed by atoms with Gasteiger partial charge in [-0.15, -0.1) is 0 Å². The third-order valence-electron chi connectivity index (χ3n) is 1.92. The molecular formula is C10H10O6. The average molecular weight is 226 g/mol.